The summed E-state index contributed by atoms with van der Waals surface area (Å²) in [4.78, 5) is 14.2. The number of aryl methyl sites for hydroxylation is 1. The Balaban J connectivity index is 2.18. The summed E-state index contributed by atoms with van der Waals surface area (Å²) in [7, 11) is 0. The minimum absolute atomic E-state index is 0.341. The van der Waals surface area contributed by atoms with Gasteiger partial charge in [-0.05, 0) is 24.1 Å². The number of benzene rings is 1. The number of hydrogen-bond donors (Lipinski definition) is 1. The highest BCUT2D eigenvalue weighted by Gasteiger charge is 2.12. The van der Waals surface area contributed by atoms with E-state index in [1.807, 2.05) is 6.92 Å². The first-order valence-corrected chi connectivity index (χ1v) is 6.08. The van der Waals surface area contributed by atoms with Gasteiger partial charge in [-0.2, -0.15) is 4.98 Å². The van der Waals surface area contributed by atoms with E-state index in [9.17, 15) is 15.2 Å². The van der Waals surface area contributed by atoms with Crippen LogP contribution in [0.4, 0.5) is 5.69 Å². The molecule has 7 nitrogen and oxygen atoms in total. The van der Waals surface area contributed by atoms with Crippen molar-refractivity contribution in [3.05, 3.63) is 45.6 Å². The van der Waals surface area contributed by atoms with E-state index >= 15 is 0 Å². The maximum atomic E-state index is 10.7. The number of nitro groups is 1. The van der Waals surface area contributed by atoms with E-state index < -0.39 is 4.92 Å². The zero-order valence-electron chi connectivity index (χ0n) is 10.8. The van der Waals surface area contributed by atoms with Crippen LogP contribution in [-0.2, 0) is 6.42 Å². The molecule has 0 saturated carbocycles. The molecular weight excluding hydrogens is 262 g/mol. The summed E-state index contributed by atoms with van der Waals surface area (Å²) in [6, 6.07) is 4.11. The number of rotatable bonds is 5. The molecule has 1 aromatic carbocycles. The highest BCUT2D eigenvalue weighted by Crippen LogP contribution is 2.26. The molecule has 20 heavy (non-hydrogen) atoms. The van der Waals surface area contributed by atoms with Crippen LogP contribution >= 0.6 is 0 Å². The van der Waals surface area contributed by atoms with E-state index in [1.54, 1.807) is 18.2 Å². The number of nitrogens with zero attached hydrogens (tertiary/aromatic N) is 3. The molecule has 0 aliphatic rings. The van der Waals surface area contributed by atoms with Gasteiger partial charge in [-0.1, -0.05) is 24.2 Å². The van der Waals surface area contributed by atoms with Crippen molar-refractivity contribution in [2.75, 3.05) is 0 Å². The van der Waals surface area contributed by atoms with Gasteiger partial charge in [-0.3, -0.25) is 10.1 Å². The highest BCUT2D eigenvalue weighted by atomic mass is 16.6. The number of aromatic nitrogens is 2. The lowest BCUT2D eigenvalue weighted by Crippen LogP contribution is -1.89. The van der Waals surface area contributed by atoms with Gasteiger partial charge < -0.3 is 9.63 Å². The maximum absolute atomic E-state index is 10.7. The lowest BCUT2D eigenvalue weighted by molar-refractivity contribution is -0.385. The molecule has 0 unspecified atom stereocenters. The van der Waals surface area contributed by atoms with Crippen LogP contribution in [0.15, 0.2) is 22.7 Å². The molecular formula is C13H13N3O4. The van der Waals surface area contributed by atoms with Crippen LogP contribution in [0.1, 0.15) is 30.6 Å². The largest absolute Gasteiger partial charge is 0.502 e. The standard InChI is InChI=1S/C13H13N3O4/c1-2-3-13-14-12(15-20-13)7-5-9-4-6-11(17)10(8-9)16(18)19/h4-8,17H,2-3H2,1H3/b7-5+. The van der Waals surface area contributed by atoms with Crippen LogP contribution in [0.2, 0.25) is 0 Å². The first-order chi connectivity index (χ1) is 9.60. The summed E-state index contributed by atoms with van der Waals surface area (Å²) in [6.07, 6.45) is 4.84. The number of nitro benzene ring substituents is 1. The molecule has 0 bridgehead atoms. The van der Waals surface area contributed by atoms with Crippen molar-refractivity contribution in [3.8, 4) is 5.75 Å². The Morgan fingerprint density at radius 2 is 2.25 bits per heavy atom. The van der Waals surface area contributed by atoms with E-state index in [2.05, 4.69) is 10.1 Å². The fourth-order valence-electron chi connectivity index (χ4n) is 1.61. The van der Waals surface area contributed by atoms with E-state index in [0.717, 1.165) is 6.42 Å². The van der Waals surface area contributed by atoms with Gasteiger partial charge in [-0.15, -0.1) is 0 Å². The Bertz CT molecular complexity index is 649. The molecule has 2 aromatic rings. The fourth-order valence-corrected chi connectivity index (χ4v) is 1.61. The SMILES string of the molecule is CCCc1nc(/C=C/c2ccc(O)c([N+](=O)[O-])c2)no1. The van der Waals surface area contributed by atoms with Crippen molar-refractivity contribution in [1.82, 2.24) is 10.1 Å². The van der Waals surface area contributed by atoms with E-state index in [1.165, 1.54) is 12.1 Å². The summed E-state index contributed by atoms with van der Waals surface area (Å²) in [6.45, 7) is 2.01. The van der Waals surface area contributed by atoms with Gasteiger partial charge in [0.1, 0.15) is 0 Å². The quantitative estimate of drug-likeness (QED) is 0.664. The summed E-state index contributed by atoms with van der Waals surface area (Å²) in [5, 5.41) is 23.8. The van der Waals surface area contributed by atoms with Crippen molar-refractivity contribution < 1.29 is 14.6 Å². The van der Waals surface area contributed by atoms with Gasteiger partial charge in [0.05, 0.1) is 4.92 Å². The molecule has 1 N–H and O–H groups in total. The van der Waals surface area contributed by atoms with Gasteiger partial charge >= 0.3 is 5.69 Å². The summed E-state index contributed by atoms with van der Waals surface area (Å²) in [5.41, 5.74) is 0.225. The van der Waals surface area contributed by atoms with Crippen LogP contribution in [0.3, 0.4) is 0 Å². The average molecular weight is 275 g/mol. The number of hydrogen-bond acceptors (Lipinski definition) is 6. The predicted molar refractivity (Wildman–Crippen MR) is 72.0 cm³/mol. The maximum Gasteiger partial charge on any atom is 0.311 e. The van der Waals surface area contributed by atoms with Crippen molar-refractivity contribution in [1.29, 1.82) is 0 Å². The molecule has 0 aliphatic carbocycles. The van der Waals surface area contributed by atoms with Gasteiger partial charge in [0, 0.05) is 12.5 Å². The smallest absolute Gasteiger partial charge is 0.311 e. The summed E-state index contributed by atoms with van der Waals surface area (Å²) < 4.78 is 5.01. The van der Waals surface area contributed by atoms with Crippen LogP contribution in [0.25, 0.3) is 12.2 Å². The molecule has 104 valence electrons. The van der Waals surface area contributed by atoms with Crippen molar-refractivity contribution in [3.63, 3.8) is 0 Å². The molecule has 0 spiro atoms. The number of phenols is 1. The Kier molecular flexibility index (Phi) is 4.09. The lowest BCUT2D eigenvalue weighted by atomic mass is 10.1. The normalized spacial score (nSPS) is 11.1. The third-order valence-electron chi connectivity index (χ3n) is 2.57. The van der Waals surface area contributed by atoms with Crippen molar-refractivity contribution in [2.45, 2.75) is 19.8 Å². The molecule has 2 rings (SSSR count). The highest BCUT2D eigenvalue weighted by molar-refractivity contribution is 5.69. The molecule has 1 heterocycles. The second-order valence-electron chi connectivity index (χ2n) is 4.13. The first-order valence-electron chi connectivity index (χ1n) is 6.08. The summed E-state index contributed by atoms with van der Waals surface area (Å²) in [5.74, 6) is 0.602. The second kappa shape index (κ2) is 5.96. The summed E-state index contributed by atoms with van der Waals surface area (Å²) >= 11 is 0. The van der Waals surface area contributed by atoms with Gasteiger partial charge in [0.15, 0.2) is 11.6 Å². The first kappa shape index (κ1) is 13.7. The zero-order valence-corrected chi connectivity index (χ0v) is 10.8. The third kappa shape index (κ3) is 3.19. The minimum Gasteiger partial charge on any atom is -0.502 e. The lowest BCUT2D eigenvalue weighted by Gasteiger charge is -1.97. The minimum atomic E-state index is -0.639. The third-order valence-corrected chi connectivity index (χ3v) is 2.57. The second-order valence-corrected chi connectivity index (χ2v) is 4.13. The molecule has 7 heteroatoms. The average Bonchev–Trinajstić information content (AvgIpc) is 2.86. The topological polar surface area (TPSA) is 102 Å². The Hall–Kier alpha value is -2.70. The van der Waals surface area contributed by atoms with Gasteiger partial charge in [0.25, 0.3) is 0 Å². The monoisotopic (exact) mass is 275 g/mol. The molecule has 1 aromatic heterocycles. The van der Waals surface area contributed by atoms with Gasteiger partial charge in [-0.25, -0.2) is 0 Å². The Labute approximate surface area is 114 Å². The molecule has 0 fully saturated rings. The predicted octanol–water partition coefficient (Wildman–Crippen LogP) is 2.81. The Morgan fingerprint density at radius 3 is 2.95 bits per heavy atom. The van der Waals surface area contributed by atoms with Crippen LogP contribution in [-0.4, -0.2) is 20.2 Å². The van der Waals surface area contributed by atoms with Crippen LogP contribution in [0.5, 0.6) is 5.75 Å². The molecule has 0 amide bonds. The fraction of sp³-hybridized carbons (Fsp3) is 0.231. The van der Waals surface area contributed by atoms with E-state index in [4.69, 9.17) is 4.52 Å². The Morgan fingerprint density at radius 1 is 1.45 bits per heavy atom. The van der Waals surface area contributed by atoms with Crippen LogP contribution < -0.4 is 0 Å². The van der Waals surface area contributed by atoms with E-state index in [0.29, 0.717) is 23.7 Å². The molecule has 0 radical (unpaired) electrons. The molecule has 0 aliphatic heterocycles. The molecule has 0 atom stereocenters. The number of phenolic OH excluding ortho intramolecular Hbond substituents is 1. The zero-order chi connectivity index (χ0) is 14.5. The van der Waals surface area contributed by atoms with E-state index in [-0.39, 0.29) is 11.4 Å². The van der Waals surface area contributed by atoms with Crippen molar-refractivity contribution >= 4 is 17.8 Å². The number of aromatic hydroxyl groups is 1. The van der Waals surface area contributed by atoms with Crippen LogP contribution in [0, 0.1) is 10.1 Å². The molecule has 0 saturated heterocycles. The van der Waals surface area contributed by atoms with Crippen molar-refractivity contribution in [2.24, 2.45) is 0 Å². The van der Waals surface area contributed by atoms with Gasteiger partial charge in [0.2, 0.25) is 5.89 Å².